The summed E-state index contributed by atoms with van der Waals surface area (Å²) in [7, 11) is 0. The number of benzene rings is 2. The molecule has 1 atom stereocenters. The SMILES string of the molecule is CCOC(=O)c1cn(C2CC2)c2c(cc(F)c3nc4c(nc32)C(C)c2ccccc2-4)c1=O. The van der Waals surface area contributed by atoms with Gasteiger partial charge in [-0.05, 0) is 31.4 Å². The first kappa shape index (κ1) is 19.1. The van der Waals surface area contributed by atoms with Gasteiger partial charge in [0.2, 0.25) is 5.43 Å². The number of hydrogen-bond donors (Lipinski definition) is 0. The van der Waals surface area contributed by atoms with Gasteiger partial charge in [-0.2, -0.15) is 0 Å². The van der Waals surface area contributed by atoms with Crippen LogP contribution in [0.25, 0.3) is 33.2 Å². The molecule has 0 radical (unpaired) electrons. The standard InChI is InChI=1S/C25H20FN3O3/c1-3-32-25(31)17-11-29(13-8-9-13)23-16(24(17)30)10-18(26)21-22(23)27-19-12(2)14-6-4-5-7-15(14)20(19)28-21/h4-7,10-13H,3,8-9H2,1-2H3. The molecule has 2 aromatic heterocycles. The number of fused-ring (bicyclic) bond motifs is 6. The molecule has 1 fully saturated rings. The van der Waals surface area contributed by atoms with Crippen molar-refractivity contribution in [1.29, 1.82) is 0 Å². The maximum absolute atomic E-state index is 15.3. The summed E-state index contributed by atoms with van der Waals surface area (Å²) in [6.07, 6.45) is 3.38. The van der Waals surface area contributed by atoms with Crippen LogP contribution in [0.2, 0.25) is 0 Å². The zero-order chi connectivity index (χ0) is 22.1. The van der Waals surface area contributed by atoms with Crippen molar-refractivity contribution < 1.29 is 13.9 Å². The van der Waals surface area contributed by atoms with Gasteiger partial charge in [0.05, 0.1) is 28.9 Å². The summed E-state index contributed by atoms with van der Waals surface area (Å²) >= 11 is 0. The fourth-order valence-electron chi connectivity index (χ4n) is 4.75. The topological polar surface area (TPSA) is 74.1 Å². The summed E-state index contributed by atoms with van der Waals surface area (Å²) in [4.78, 5) is 35.2. The van der Waals surface area contributed by atoms with Crippen LogP contribution in [-0.2, 0) is 4.74 Å². The lowest BCUT2D eigenvalue weighted by molar-refractivity contribution is 0.0524. The number of nitrogens with zero attached hydrogens (tertiary/aromatic N) is 3. The molecule has 2 aromatic carbocycles. The molecule has 0 spiro atoms. The summed E-state index contributed by atoms with van der Waals surface area (Å²) in [5.41, 5.74) is 3.91. The van der Waals surface area contributed by atoms with Crippen LogP contribution in [0.4, 0.5) is 4.39 Å². The van der Waals surface area contributed by atoms with Crippen LogP contribution in [0.5, 0.6) is 0 Å². The molecule has 7 heteroatoms. The van der Waals surface area contributed by atoms with E-state index in [2.05, 4.69) is 6.92 Å². The lowest BCUT2D eigenvalue weighted by atomic mass is 10.0. The van der Waals surface area contributed by atoms with E-state index < -0.39 is 17.2 Å². The van der Waals surface area contributed by atoms with Crippen molar-refractivity contribution in [3.8, 4) is 11.3 Å². The lowest BCUT2D eigenvalue weighted by Gasteiger charge is -2.15. The summed E-state index contributed by atoms with van der Waals surface area (Å²) < 4.78 is 22.3. The molecule has 0 bridgehead atoms. The Morgan fingerprint density at radius 1 is 1.22 bits per heavy atom. The predicted molar refractivity (Wildman–Crippen MR) is 118 cm³/mol. The van der Waals surface area contributed by atoms with E-state index in [-0.39, 0.29) is 35.0 Å². The number of carbonyl (C=O) groups is 1. The number of pyridine rings is 1. The van der Waals surface area contributed by atoms with Crippen LogP contribution in [-0.4, -0.2) is 27.1 Å². The van der Waals surface area contributed by atoms with Crippen molar-refractivity contribution in [2.75, 3.05) is 6.61 Å². The smallest absolute Gasteiger partial charge is 0.343 e. The Hall–Kier alpha value is -3.61. The molecule has 4 aromatic rings. The van der Waals surface area contributed by atoms with Gasteiger partial charge in [0.1, 0.15) is 16.6 Å². The highest BCUT2D eigenvalue weighted by atomic mass is 19.1. The predicted octanol–water partition coefficient (Wildman–Crippen LogP) is 4.73. The van der Waals surface area contributed by atoms with E-state index in [0.717, 1.165) is 29.7 Å². The Morgan fingerprint density at radius 2 is 2.00 bits per heavy atom. The fourth-order valence-corrected chi connectivity index (χ4v) is 4.75. The van der Waals surface area contributed by atoms with Gasteiger partial charge in [-0.15, -0.1) is 0 Å². The largest absolute Gasteiger partial charge is 0.462 e. The van der Waals surface area contributed by atoms with E-state index in [1.165, 1.54) is 6.07 Å². The van der Waals surface area contributed by atoms with Crippen molar-refractivity contribution in [2.24, 2.45) is 0 Å². The molecule has 0 amide bonds. The van der Waals surface area contributed by atoms with Gasteiger partial charge in [-0.1, -0.05) is 31.2 Å². The van der Waals surface area contributed by atoms with Crippen molar-refractivity contribution in [2.45, 2.75) is 38.6 Å². The lowest BCUT2D eigenvalue weighted by Crippen LogP contribution is -2.21. The highest BCUT2D eigenvalue weighted by Gasteiger charge is 2.32. The molecule has 2 aliphatic carbocycles. The monoisotopic (exact) mass is 429 g/mol. The van der Waals surface area contributed by atoms with Crippen LogP contribution in [0, 0.1) is 5.82 Å². The van der Waals surface area contributed by atoms with E-state index >= 15 is 4.39 Å². The molecule has 2 heterocycles. The van der Waals surface area contributed by atoms with Gasteiger partial charge in [0.25, 0.3) is 0 Å². The van der Waals surface area contributed by atoms with Gasteiger partial charge >= 0.3 is 5.97 Å². The number of rotatable bonds is 3. The molecule has 0 N–H and O–H groups in total. The van der Waals surface area contributed by atoms with Crippen LogP contribution in [0.3, 0.4) is 0 Å². The number of hydrogen-bond acceptors (Lipinski definition) is 5. The molecule has 2 aliphatic rings. The second-order valence-electron chi connectivity index (χ2n) is 8.45. The Labute approximate surface area is 182 Å². The minimum absolute atomic E-state index is 0.0105. The molecule has 32 heavy (non-hydrogen) atoms. The van der Waals surface area contributed by atoms with Crippen LogP contribution >= 0.6 is 0 Å². The highest BCUT2D eigenvalue weighted by Crippen LogP contribution is 2.44. The molecule has 160 valence electrons. The van der Waals surface area contributed by atoms with E-state index in [9.17, 15) is 9.59 Å². The van der Waals surface area contributed by atoms with E-state index in [4.69, 9.17) is 14.7 Å². The number of ether oxygens (including phenoxy) is 1. The fraction of sp³-hybridized carbons (Fsp3) is 0.280. The average molecular weight is 429 g/mol. The number of carbonyl (C=O) groups excluding carboxylic acids is 1. The molecular formula is C25H20FN3O3. The minimum Gasteiger partial charge on any atom is -0.462 e. The van der Waals surface area contributed by atoms with Gasteiger partial charge < -0.3 is 9.30 Å². The Morgan fingerprint density at radius 3 is 2.75 bits per heavy atom. The van der Waals surface area contributed by atoms with E-state index in [1.54, 1.807) is 13.1 Å². The van der Waals surface area contributed by atoms with Crippen molar-refractivity contribution >= 4 is 27.9 Å². The summed E-state index contributed by atoms with van der Waals surface area (Å²) in [6, 6.07) is 9.23. The first-order valence-corrected chi connectivity index (χ1v) is 10.8. The third-order valence-corrected chi connectivity index (χ3v) is 6.44. The molecule has 1 saturated carbocycles. The Kier molecular flexibility index (Phi) is 4.00. The Bertz CT molecular complexity index is 1520. The van der Waals surface area contributed by atoms with Gasteiger partial charge in [0, 0.05) is 23.7 Å². The number of aromatic nitrogens is 3. The molecule has 1 unspecified atom stereocenters. The zero-order valence-corrected chi connectivity index (χ0v) is 17.7. The van der Waals surface area contributed by atoms with E-state index in [0.29, 0.717) is 16.7 Å². The molecular weight excluding hydrogens is 409 g/mol. The normalized spacial score (nSPS) is 16.9. The van der Waals surface area contributed by atoms with Crippen molar-refractivity contribution in [3.63, 3.8) is 0 Å². The average Bonchev–Trinajstić information content (AvgIpc) is 3.60. The zero-order valence-electron chi connectivity index (χ0n) is 17.7. The Balaban J connectivity index is 1.72. The number of halogens is 1. The summed E-state index contributed by atoms with van der Waals surface area (Å²) in [5.74, 6) is -1.31. The molecule has 0 aliphatic heterocycles. The maximum Gasteiger partial charge on any atom is 0.343 e. The third kappa shape index (κ3) is 2.57. The van der Waals surface area contributed by atoms with Crippen molar-refractivity contribution in [3.05, 3.63) is 69.4 Å². The van der Waals surface area contributed by atoms with Crippen molar-refractivity contribution in [1.82, 2.24) is 14.5 Å². The summed E-state index contributed by atoms with van der Waals surface area (Å²) in [5, 5.41) is 0.130. The van der Waals surface area contributed by atoms with Gasteiger partial charge in [0.15, 0.2) is 5.82 Å². The molecule has 6 rings (SSSR count). The van der Waals surface area contributed by atoms with Crippen LogP contribution in [0.1, 0.15) is 60.3 Å². The summed E-state index contributed by atoms with van der Waals surface area (Å²) in [6.45, 7) is 3.89. The highest BCUT2D eigenvalue weighted by molar-refractivity contribution is 6.05. The van der Waals surface area contributed by atoms with Gasteiger partial charge in [-0.3, -0.25) is 4.79 Å². The first-order valence-electron chi connectivity index (χ1n) is 10.8. The maximum atomic E-state index is 15.3. The molecule has 6 nitrogen and oxygen atoms in total. The number of esters is 1. The minimum atomic E-state index is -0.696. The van der Waals surface area contributed by atoms with Crippen LogP contribution in [0.15, 0.2) is 41.3 Å². The second kappa shape index (κ2) is 6.69. The van der Waals surface area contributed by atoms with Gasteiger partial charge in [-0.25, -0.2) is 19.2 Å². The molecule has 0 saturated heterocycles. The first-order chi connectivity index (χ1) is 15.5. The second-order valence-corrected chi connectivity index (χ2v) is 8.45. The third-order valence-electron chi connectivity index (χ3n) is 6.44. The van der Waals surface area contributed by atoms with Crippen LogP contribution < -0.4 is 5.43 Å². The van der Waals surface area contributed by atoms with E-state index in [1.807, 2.05) is 28.8 Å². The quantitative estimate of drug-likeness (QED) is 0.348.